The smallest absolute Gasteiger partial charge is 0.196 e. The highest BCUT2D eigenvalue weighted by Gasteiger charge is 2.31. The van der Waals surface area contributed by atoms with Gasteiger partial charge in [-0.1, -0.05) is 48.5 Å². The number of benzene rings is 2. The Morgan fingerprint density at radius 2 is 1.84 bits per heavy atom. The van der Waals surface area contributed by atoms with E-state index < -0.39 is 0 Å². The molecule has 2 heteroatoms. The molecule has 0 spiro atoms. The summed E-state index contributed by atoms with van der Waals surface area (Å²) in [5.41, 5.74) is 3.09. The Labute approximate surface area is 112 Å². The average Bonchev–Trinajstić information content (AvgIpc) is 2.44. The van der Waals surface area contributed by atoms with Crippen LogP contribution >= 0.6 is 0 Å². The molecule has 0 aromatic heterocycles. The first-order valence-electron chi connectivity index (χ1n) is 6.22. The van der Waals surface area contributed by atoms with Crippen molar-refractivity contribution in [2.75, 3.05) is 0 Å². The number of aryl methyl sites for hydroxylation is 1. The zero-order chi connectivity index (χ0) is 13.4. The highest BCUT2D eigenvalue weighted by atomic mass is 16.5. The van der Waals surface area contributed by atoms with Gasteiger partial charge in [-0.25, -0.2) is 0 Å². The Hall–Kier alpha value is -2.35. The molecule has 3 rings (SSSR count). The predicted molar refractivity (Wildman–Crippen MR) is 74.5 cm³/mol. The van der Waals surface area contributed by atoms with Gasteiger partial charge in [-0.15, -0.1) is 0 Å². The number of fused-ring (bicyclic) bond motifs is 1. The zero-order valence-corrected chi connectivity index (χ0v) is 10.7. The highest BCUT2D eigenvalue weighted by Crippen LogP contribution is 2.37. The van der Waals surface area contributed by atoms with Crippen LogP contribution in [0.3, 0.4) is 0 Å². The third-order valence-electron chi connectivity index (χ3n) is 3.33. The van der Waals surface area contributed by atoms with E-state index in [1.807, 2.05) is 55.5 Å². The number of hydrogen-bond acceptors (Lipinski definition) is 2. The number of rotatable bonds is 1. The SMILES string of the molecule is C=C1C(=O)c2cc(C)ccc2O[C@@H]1c1ccccc1. The van der Waals surface area contributed by atoms with Crippen molar-refractivity contribution in [2.24, 2.45) is 0 Å². The molecule has 1 aliphatic rings. The van der Waals surface area contributed by atoms with Crippen molar-refractivity contribution in [3.8, 4) is 5.75 Å². The van der Waals surface area contributed by atoms with Crippen LogP contribution in [-0.4, -0.2) is 5.78 Å². The second kappa shape index (κ2) is 4.39. The Morgan fingerprint density at radius 1 is 1.11 bits per heavy atom. The Kier molecular flexibility index (Phi) is 2.71. The molecule has 0 amide bonds. The second-order valence-electron chi connectivity index (χ2n) is 4.76. The summed E-state index contributed by atoms with van der Waals surface area (Å²) in [5, 5.41) is 0. The highest BCUT2D eigenvalue weighted by molar-refractivity contribution is 6.12. The van der Waals surface area contributed by atoms with Gasteiger partial charge in [0.2, 0.25) is 0 Å². The molecule has 0 saturated carbocycles. The van der Waals surface area contributed by atoms with E-state index in [-0.39, 0.29) is 11.9 Å². The van der Waals surface area contributed by atoms with Gasteiger partial charge in [0.25, 0.3) is 0 Å². The molecule has 1 atom stereocenters. The molecule has 0 unspecified atom stereocenters. The lowest BCUT2D eigenvalue weighted by Gasteiger charge is -2.27. The standard InChI is InChI=1S/C17H14O2/c1-11-8-9-15-14(10-11)16(18)12(2)17(19-15)13-6-4-3-5-7-13/h3-10,17H,2H2,1H3/t17-/m0/s1. The molecule has 2 nitrogen and oxygen atoms in total. The summed E-state index contributed by atoms with van der Waals surface area (Å²) in [6.07, 6.45) is -0.385. The van der Waals surface area contributed by atoms with Crippen LogP contribution in [0.2, 0.25) is 0 Å². The lowest BCUT2D eigenvalue weighted by atomic mass is 9.91. The van der Waals surface area contributed by atoms with E-state index in [1.165, 1.54) is 0 Å². The first kappa shape index (κ1) is 11.7. The number of ether oxygens (including phenoxy) is 1. The number of hydrogen-bond donors (Lipinski definition) is 0. The third-order valence-corrected chi connectivity index (χ3v) is 3.33. The maximum atomic E-state index is 12.4. The molecule has 0 saturated heterocycles. The molecule has 0 bridgehead atoms. The van der Waals surface area contributed by atoms with Crippen molar-refractivity contribution in [1.29, 1.82) is 0 Å². The van der Waals surface area contributed by atoms with Crippen LogP contribution in [0.5, 0.6) is 5.75 Å². The van der Waals surface area contributed by atoms with Crippen molar-refractivity contribution in [2.45, 2.75) is 13.0 Å². The van der Waals surface area contributed by atoms with Crippen molar-refractivity contribution in [3.05, 3.63) is 77.4 Å². The summed E-state index contributed by atoms with van der Waals surface area (Å²) < 4.78 is 5.94. The minimum atomic E-state index is -0.385. The van der Waals surface area contributed by atoms with E-state index in [2.05, 4.69) is 6.58 Å². The van der Waals surface area contributed by atoms with Crippen LogP contribution < -0.4 is 4.74 Å². The topological polar surface area (TPSA) is 26.3 Å². The lowest BCUT2D eigenvalue weighted by molar-refractivity contribution is 0.0962. The Morgan fingerprint density at radius 3 is 2.58 bits per heavy atom. The predicted octanol–water partition coefficient (Wildman–Crippen LogP) is 3.87. The summed E-state index contributed by atoms with van der Waals surface area (Å²) in [6.45, 7) is 5.86. The molecule has 0 N–H and O–H groups in total. The minimum absolute atomic E-state index is 0.0289. The normalized spacial score (nSPS) is 17.8. The first-order chi connectivity index (χ1) is 9.16. The molecule has 2 aromatic carbocycles. The summed E-state index contributed by atoms with van der Waals surface area (Å²) in [6, 6.07) is 15.3. The van der Waals surface area contributed by atoms with Crippen molar-refractivity contribution in [1.82, 2.24) is 0 Å². The van der Waals surface area contributed by atoms with E-state index in [9.17, 15) is 4.79 Å². The molecule has 1 heterocycles. The van der Waals surface area contributed by atoms with Crippen LogP contribution in [0.15, 0.2) is 60.7 Å². The summed E-state index contributed by atoms with van der Waals surface area (Å²) in [5.74, 6) is 0.607. The van der Waals surface area contributed by atoms with Crippen LogP contribution in [0.1, 0.15) is 27.6 Å². The van der Waals surface area contributed by atoms with Crippen LogP contribution in [0, 0.1) is 6.92 Å². The van der Waals surface area contributed by atoms with E-state index in [1.54, 1.807) is 0 Å². The lowest BCUT2D eigenvalue weighted by Crippen LogP contribution is -2.23. The van der Waals surface area contributed by atoms with Crippen molar-refractivity contribution in [3.63, 3.8) is 0 Å². The fourth-order valence-electron chi connectivity index (χ4n) is 2.31. The molecule has 94 valence electrons. The molecule has 0 fully saturated rings. The molecule has 0 aliphatic carbocycles. The van der Waals surface area contributed by atoms with E-state index in [0.717, 1.165) is 11.1 Å². The minimum Gasteiger partial charge on any atom is -0.480 e. The molecule has 1 aliphatic heterocycles. The van der Waals surface area contributed by atoms with E-state index >= 15 is 0 Å². The number of carbonyl (C=O) groups excluding carboxylic acids is 1. The van der Waals surface area contributed by atoms with Gasteiger partial charge in [0.1, 0.15) is 5.75 Å². The van der Waals surface area contributed by atoms with Gasteiger partial charge in [0.15, 0.2) is 11.9 Å². The van der Waals surface area contributed by atoms with Gasteiger partial charge >= 0.3 is 0 Å². The van der Waals surface area contributed by atoms with Crippen LogP contribution in [-0.2, 0) is 0 Å². The maximum Gasteiger partial charge on any atom is 0.196 e. The Balaban J connectivity index is 2.07. The average molecular weight is 250 g/mol. The van der Waals surface area contributed by atoms with Crippen molar-refractivity contribution >= 4 is 5.78 Å². The summed E-state index contributed by atoms with van der Waals surface area (Å²) >= 11 is 0. The van der Waals surface area contributed by atoms with Gasteiger partial charge < -0.3 is 4.74 Å². The summed E-state index contributed by atoms with van der Waals surface area (Å²) in [4.78, 5) is 12.4. The fourth-order valence-corrected chi connectivity index (χ4v) is 2.31. The quantitative estimate of drug-likeness (QED) is 0.718. The monoisotopic (exact) mass is 250 g/mol. The largest absolute Gasteiger partial charge is 0.480 e. The number of carbonyl (C=O) groups is 1. The van der Waals surface area contributed by atoms with Crippen LogP contribution in [0.4, 0.5) is 0 Å². The fraction of sp³-hybridized carbons (Fsp3) is 0.118. The maximum absolute atomic E-state index is 12.4. The summed E-state index contributed by atoms with van der Waals surface area (Å²) in [7, 11) is 0. The molecule has 2 aromatic rings. The number of Topliss-reactive ketones (excluding diaryl/α,β-unsaturated/α-hetero) is 1. The van der Waals surface area contributed by atoms with Gasteiger partial charge in [0.05, 0.1) is 5.56 Å². The van der Waals surface area contributed by atoms with Gasteiger partial charge in [-0.05, 0) is 24.6 Å². The van der Waals surface area contributed by atoms with Gasteiger partial charge in [0, 0.05) is 5.57 Å². The molecular weight excluding hydrogens is 236 g/mol. The first-order valence-corrected chi connectivity index (χ1v) is 6.22. The van der Waals surface area contributed by atoms with Gasteiger partial charge in [-0.3, -0.25) is 4.79 Å². The zero-order valence-electron chi connectivity index (χ0n) is 10.7. The Bertz CT molecular complexity index is 656. The van der Waals surface area contributed by atoms with E-state index in [0.29, 0.717) is 16.9 Å². The molecule has 19 heavy (non-hydrogen) atoms. The van der Waals surface area contributed by atoms with E-state index in [4.69, 9.17) is 4.74 Å². The van der Waals surface area contributed by atoms with Crippen molar-refractivity contribution < 1.29 is 9.53 Å². The number of ketones is 1. The van der Waals surface area contributed by atoms with Crippen LogP contribution in [0.25, 0.3) is 0 Å². The van der Waals surface area contributed by atoms with Gasteiger partial charge in [-0.2, -0.15) is 0 Å². The third kappa shape index (κ3) is 1.95. The molecular formula is C17H14O2. The molecule has 0 radical (unpaired) electrons. The second-order valence-corrected chi connectivity index (χ2v) is 4.76.